The van der Waals surface area contributed by atoms with Gasteiger partial charge in [-0.25, -0.2) is 0 Å². The first-order chi connectivity index (χ1) is 9.04. The van der Waals surface area contributed by atoms with Gasteiger partial charge in [0, 0.05) is 13.1 Å². The van der Waals surface area contributed by atoms with Gasteiger partial charge in [-0.05, 0) is 30.3 Å². The van der Waals surface area contributed by atoms with Gasteiger partial charge in [-0.1, -0.05) is 18.3 Å². The minimum absolute atomic E-state index is 0.0267. The Labute approximate surface area is 115 Å². The molecule has 1 aromatic heterocycles. The molecular weight excluding hydrogens is 266 g/mol. The zero-order valence-corrected chi connectivity index (χ0v) is 11.8. The van der Waals surface area contributed by atoms with Gasteiger partial charge in [0.1, 0.15) is 4.88 Å². The van der Waals surface area contributed by atoms with Gasteiger partial charge in [0.05, 0.1) is 11.6 Å². The molecule has 0 radical (unpaired) electrons. The van der Waals surface area contributed by atoms with Crippen LogP contribution in [0, 0.1) is 11.8 Å². The fourth-order valence-corrected chi connectivity index (χ4v) is 3.16. The number of hydrogen-bond acceptors (Lipinski definition) is 5. The van der Waals surface area contributed by atoms with Crippen molar-refractivity contribution in [1.82, 2.24) is 14.5 Å². The normalized spacial score (nSPS) is 23.4. The Balaban J connectivity index is 2.08. The standard InChI is InChI=1S/C12H17N3O3S/c1-3-9-10(19-14-13-9)11(16)15-5-4-8(12(17)18)7(2)6-15/h7-8H,3-6H2,1-2H3,(H,17,18). The minimum atomic E-state index is -0.770. The number of carbonyl (C=O) groups is 2. The third-order valence-corrected chi connectivity index (χ3v) is 4.35. The highest BCUT2D eigenvalue weighted by molar-refractivity contribution is 7.08. The Morgan fingerprint density at radius 1 is 1.53 bits per heavy atom. The molecule has 7 heteroatoms. The van der Waals surface area contributed by atoms with Crippen molar-refractivity contribution < 1.29 is 14.7 Å². The van der Waals surface area contributed by atoms with Crippen LogP contribution in [0.3, 0.4) is 0 Å². The molecule has 0 saturated carbocycles. The van der Waals surface area contributed by atoms with E-state index in [1.54, 1.807) is 4.90 Å². The van der Waals surface area contributed by atoms with Crippen LogP contribution in [0.1, 0.15) is 35.6 Å². The lowest BCUT2D eigenvalue weighted by Crippen LogP contribution is -2.45. The summed E-state index contributed by atoms with van der Waals surface area (Å²) in [6, 6.07) is 0. The minimum Gasteiger partial charge on any atom is -0.481 e. The molecule has 1 N–H and O–H groups in total. The van der Waals surface area contributed by atoms with Crippen LogP contribution in [0.2, 0.25) is 0 Å². The highest BCUT2D eigenvalue weighted by atomic mass is 32.1. The lowest BCUT2D eigenvalue weighted by Gasteiger charge is -2.34. The molecule has 2 unspecified atom stereocenters. The molecular formula is C12H17N3O3S. The number of nitrogens with zero attached hydrogens (tertiary/aromatic N) is 3. The van der Waals surface area contributed by atoms with E-state index in [9.17, 15) is 9.59 Å². The maximum Gasteiger partial charge on any atom is 0.306 e. The number of piperidine rings is 1. The third-order valence-electron chi connectivity index (χ3n) is 3.59. The first kappa shape index (κ1) is 13.9. The highest BCUT2D eigenvalue weighted by Crippen LogP contribution is 2.25. The number of aliphatic carboxylic acids is 1. The first-order valence-electron chi connectivity index (χ1n) is 6.37. The smallest absolute Gasteiger partial charge is 0.306 e. The van der Waals surface area contributed by atoms with E-state index in [1.807, 2.05) is 13.8 Å². The number of likely N-dealkylation sites (tertiary alicyclic amines) is 1. The first-order valence-corrected chi connectivity index (χ1v) is 7.15. The van der Waals surface area contributed by atoms with Crippen molar-refractivity contribution in [2.24, 2.45) is 11.8 Å². The lowest BCUT2D eigenvalue weighted by atomic mass is 9.87. The van der Waals surface area contributed by atoms with Crippen molar-refractivity contribution in [2.45, 2.75) is 26.7 Å². The second kappa shape index (κ2) is 5.64. The number of carboxylic acid groups (broad SMARTS) is 1. The number of amides is 1. The Bertz CT molecular complexity index is 488. The summed E-state index contributed by atoms with van der Waals surface area (Å²) in [5.74, 6) is -1.22. The summed E-state index contributed by atoms with van der Waals surface area (Å²) in [6.45, 7) is 4.79. The fraction of sp³-hybridized carbons (Fsp3) is 0.667. The van der Waals surface area contributed by atoms with Gasteiger partial charge in [0.15, 0.2) is 0 Å². The summed E-state index contributed by atoms with van der Waals surface area (Å²) < 4.78 is 3.82. The van der Waals surface area contributed by atoms with Crippen LogP contribution in [0.25, 0.3) is 0 Å². The molecule has 2 heterocycles. The molecule has 0 bridgehead atoms. The van der Waals surface area contributed by atoms with Gasteiger partial charge in [-0.15, -0.1) is 5.10 Å². The summed E-state index contributed by atoms with van der Waals surface area (Å²) in [6.07, 6.45) is 1.19. The van der Waals surface area contributed by atoms with Crippen LogP contribution in [-0.2, 0) is 11.2 Å². The van der Waals surface area contributed by atoms with Gasteiger partial charge >= 0.3 is 5.97 Å². The van der Waals surface area contributed by atoms with Crippen molar-refractivity contribution in [3.63, 3.8) is 0 Å². The van der Waals surface area contributed by atoms with Gasteiger partial charge in [-0.2, -0.15) is 0 Å². The molecule has 19 heavy (non-hydrogen) atoms. The van der Waals surface area contributed by atoms with Gasteiger partial charge < -0.3 is 10.0 Å². The van der Waals surface area contributed by atoms with Crippen molar-refractivity contribution in [2.75, 3.05) is 13.1 Å². The second-order valence-corrected chi connectivity index (χ2v) is 5.62. The maximum atomic E-state index is 12.4. The fourth-order valence-electron chi connectivity index (χ4n) is 2.44. The van der Waals surface area contributed by atoms with Crippen LogP contribution in [0.15, 0.2) is 0 Å². The molecule has 1 aliphatic heterocycles. The molecule has 6 nitrogen and oxygen atoms in total. The largest absolute Gasteiger partial charge is 0.481 e. The number of carbonyl (C=O) groups excluding carboxylic acids is 1. The van der Waals surface area contributed by atoms with E-state index in [-0.39, 0.29) is 17.7 Å². The quantitative estimate of drug-likeness (QED) is 0.903. The van der Waals surface area contributed by atoms with E-state index >= 15 is 0 Å². The number of rotatable bonds is 3. The van der Waals surface area contributed by atoms with E-state index < -0.39 is 5.97 Å². The number of aromatic nitrogens is 2. The van der Waals surface area contributed by atoms with E-state index in [1.165, 1.54) is 0 Å². The number of hydrogen-bond donors (Lipinski definition) is 1. The molecule has 0 aromatic carbocycles. The Morgan fingerprint density at radius 3 is 2.84 bits per heavy atom. The maximum absolute atomic E-state index is 12.4. The van der Waals surface area contributed by atoms with Crippen molar-refractivity contribution in [3.05, 3.63) is 10.6 Å². The molecule has 1 aromatic rings. The van der Waals surface area contributed by atoms with Gasteiger partial charge in [0.2, 0.25) is 0 Å². The van der Waals surface area contributed by atoms with Gasteiger partial charge in [-0.3, -0.25) is 9.59 Å². The van der Waals surface area contributed by atoms with Crippen molar-refractivity contribution in [1.29, 1.82) is 0 Å². The number of aryl methyl sites for hydroxylation is 1. The zero-order chi connectivity index (χ0) is 14.0. The summed E-state index contributed by atoms with van der Waals surface area (Å²) >= 11 is 1.12. The summed E-state index contributed by atoms with van der Waals surface area (Å²) in [5.41, 5.74) is 0.725. The monoisotopic (exact) mass is 283 g/mol. The summed E-state index contributed by atoms with van der Waals surface area (Å²) in [5, 5.41) is 13.0. The average Bonchev–Trinajstić information content (AvgIpc) is 2.85. The Morgan fingerprint density at radius 2 is 2.26 bits per heavy atom. The highest BCUT2D eigenvalue weighted by Gasteiger charge is 2.34. The van der Waals surface area contributed by atoms with E-state index in [2.05, 4.69) is 9.59 Å². The summed E-state index contributed by atoms with van der Waals surface area (Å²) in [7, 11) is 0. The molecule has 1 aliphatic rings. The topological polar surface area (TPSA) is 83.4 Å². The van der Waals surface area contributed by atoms with Gasteiger partial charge in [0.25, 0.3) is 5.91 Å². The van der Waals surface area contributed by atoms with Crippen LogP contribution < -0.4 is 0 Å². The average molecular weight is 283 g/mol. The van der Waals surface area contributed by atoms with E-state index in [4.69, 9.17) is 5.11 Å². The van der Waals surface area contributed by atoms with Crippen LogP contribution in [0.4, 0.5) is 0 Å². The number of carboxylic acids is 1. The molecule has 1 fully saturated rings. The van der Waals surface area contributed by atoms with Crippen LogP contribution >= 0.6 is 11.5 Å². The second-order valence-electron chi connectivity index (χ2n) is 4.86. The third kappa shape index (κ3) is 2.75. The molecule has 2 rings (SSSR count). The summed E-state index contributed by atoms with van der Waals surface area (Å²) in [4.78, 5) is 25.7. The van der Waals surface area contributed by atoms with Crippen molar-refractivity contribution >= 4 is 23.4 Å². The molecule has 1 saturated heterocycles. The van der Waals surface area contributed by atoms with Crippen molar-refractivity contribution in [3.8, 4) is 0 Å². The SMILES string of the molecule is CCc1nnsc1C(=O)N1CCC(C(=O)O)C(C)C1. The molecule has 104 valence electrons. The Kier molecular flexibility index (Phi) is 4.14. The molecule has 0 spiro atoms. The molecule has 2 atom stereocenters. The Hall–Kier alpha value is -1.50. The zero-order valence-electron chi connectivity index (χ0n) is 11.0. The molecule has 0 aliphatic carbocycles. The lowest BCUT2D eigenvalue weighted by molar-refractivity contribution is -0.145. The molecule has 1 amide bonds. The predicted octanol–water partition coefficient (Wildman–Crippen LogP) is 1.28. The van der Waals surface area contributed by atoms with E-state index in [0.717, 1.165) is 17.2 Å². The predicted molar refractivity (Wildman–Crippen MR) is 70.1 cm³/mol. The van der Waals surface area contributed by atoms with Crippen LogP contribution in [-0.4, -0.2) is 44.6 Å². The van der Waals surface area contributed by atoms with Crippen LogP contribution in [0.5, 0.6) is 0 Å². The van der Waals surface area contributed by atoms with E-state index in [0.29, 0.717) is 30.8 Å².